The molecule has 0 bridgehead atoms. The molecule has 1 saturated heterocycles. The van der Waals surface area contributed by atoms with Crippen LogP contribution in [0, 0.1) is 0 Å². The topological polar surface area (TPSA) is 58.0 Å². The summed E-state index contributed by atoms with van der Waals surface area (Å²) in [5, 5.41) is 2.84. The zero-order valence-corrected chi connectivity index (χ0v) is 13.9. The van der Waals surface area contributed by atoms with E-state index in [9.17, 15) is 4.79 Å². The van der Waals surface area contributed by atoms with Crippen LogP contribution in [0.1, 0.15) is 11.3 Å². The number of nitrogens with one attached hydrogen (secondary N) is 1. The second kappa shape index (κ2) is 7.88. The first-order valence-electron chi connectivity index (χ1n) is 8.15. The number of furan rings is 1. The maximum absolute atomic E-state index is 12.1. The highest BCUT2D eigenvalue weighted by molar-refractivity contribution is 5.73. The van der Waals surface area contributed by atoms with E-state index in [1.165, 1.54) is 5.69 Å². The van der Waals surface area contributed by atoms with Gasteiger partial charge in [-0.05, 0) is 29.8 Å². The fourth-order valence-electron chi connectivity index (χ4n) is 2.69. The molecule has 1 aromatic carbocycles. The number of amides is 2. The summed E-state index contributed by atoms with van der Waals surface area (Å²) in [5.41, 5.74) is 2.30. The fourth-order valence-corrected chi connectivity index (χ4v) is 2.69. The Kier molecular flexibility index (Phi) is 5.38. The second-order valence-corrected chi connectivity index (χ2v) is 5.86. The van der Waals surface area contributed by atoms with Crippen molar-refractivity contribution < 1.29 is 13.9 Å². The Hall–Kier alpha value is -2.47. The van der Waals surface area contributed by atoms with E-state index in [1.54, 1.807) is 24.3 Å². The number of hydrogen-bond donors (Lipinski definition) is 1. The number of carbonyl (C=O) groups is 1. The van der Waals surface area contributed by atoms with E-state index in [2.05, 4.69) is 34.5 Å². The lowest BCUT2D eigenvalue weighted by molar-refractivity contribution is 0.122. The molecule has 1 aromatic heterocycles. The highest BCUT2D eigenvalue weighted by Gasteiger charge is 2.12. The van der Waals surface area contributed by atoms with Crippen LogP contribution in [0.4, 0.5) is 10.5 Å². The van der Waals surface area contributed by atoms with Crippen LogP contribution >= 0.6 is 0 Å². The molecule has 128 valence electrons. The molecule has 2 amide bonds. The van der Waals surface area contributed by atoms with Crippen LogP contribution in [0.3, 0.4) is 0 Å². The van der Waals surface area contributed by atoms with Crippen molar-refractivity contribution in [1.82, 2.24) is 10.2 Å². The summed E-state index contributed by atoms with van der Waals surface area (Å²) >= 11 is 0. The maximum Gasteiger partial charge on any atom is 0.317 e. The van der Waals surface area contributed by atoms with Gasteiger partial charge in [0, 0.05) is 32.4 Å². The van der Waals surface area contributed by atoms with E-state index < -0.39 is 0 Å². The van der Waals surface area contributed by atoms with Gasteiger partial charge in [0.1, 0.15) is 5.76 Å². The third kappa shape index (κ3) is 4.29. The van der Waals surface area contributed by atoms with Crippen molar-refractivity contribution >= 4 is 11.7 Å². The number of hydrogen-bond acceptors (Lipinski definition) is 4. The number of nitrogens with zero attached hydrogens (tertiary/aromatic N) is 2. The molecular formula is C18H23N3O3. The molecular weight excluding hydrogens is 306 g/mol. The quantitative estimate of drug-likeness (QED) is 0.915. The van der Waals surface area contributed by atoms with Crippen LogP contribution in [0.2, 0.25) is 0 Å². The molecule has 1 N–H and O–H groups in total. The van der Waals surface area contributed by atoms with Crippen LogP contribution < -0.4 is 10.2 Å². The molecule has 1 aliphatic heterocycles. The van der Waals surface area contributed by atoms with Crippen LogP contribution in [0.15, 0.2) is 47.1 Å². The molecule has 1 aliphatic rings. The zero-order chi connectivity index (χ0) is 16.8. The Labute approximate surface area is 142 Å². The first-order chi connectivity index (χ1) is 11.7. The van der Waals surface area contributed by atoms with Crippen LogP contribution in [0.5, 0.6) is 0 Å². The van der Waals surface area contributed by atoms with Gasteiger partial charge in [-0.2, -0.15) is 0 Å². The van der Waals surface area contributed by atoms with Crippen molar-refractivity contribution in [1.29, 1.82) is 0 Å². The number of ether oxygens (including phenoxy) is 1. The third-order valence-electron chi connectivity index (χ3n) is 4.07. The molecule has 24 heavy (non-hydrogen) atoms. The second-order valence-electron chi connectivity index (χ2n) is 5.86. The molecule has 0 aliphatic carbocycles. The number of rotatable bonds is 5. The molecule has 0 atom stereocenters. The summed E-state index contributed by atoms with van der Waals surface area (Å²) in [6, 6.07) is 11.9. The van der Waals surface area contributed by atoms with Gasteiger partial charge in [-0.15, -0.1) is 0 Å². The lowest BCUT2D eigenvalue weighted by Gasteiger charge is -2.29. The largest absolute Gasteiger partial charge is 0.467 e. The van der Waals surface area contributed by atoms with Crippen molar-refractivity contribution in [2.45, 2.75) is 13.1 Å². The van der Waals surface area contributed by atoms with E-state index in [0.717, 1.165) is 37.6 Å². The summed E-state index contributed by atoms with van der Waals surface area (Å²) in [5.74, 6) is 0.742. The Morgan fingerprint density at radius 2 is 1.96 bits per heavy atom. The minimum Gasteiger partial charge on any atom is -0.467 e. The van der Waals surface area contributed by atoms with E-state index in [0.29, 0.717) is 13.1 Å². The van der Waals surface area contributed by atoms with Gasteiger partial charge in [-0.25, -0.2) is 4.79 Å². The molecule has 3 rings (SSSR count). The van der Waals surface area contributed by atoms with Gasteiger partial charge in [0.25, 0.3) is 0 Å². The summed E-state index contributed by atoms with van der Waals surface area (Å²) in [7, 11) is 1.79. The molecule has 6 nitrogen and oxygen atoms in total. The van der Waals surface area contributed by atoms with Gasteiger partial charge < -0.3 is 24.3 Å². The van der Waals surface area contributed by atoms with Crippen molar-refractivity contribution in [2.24, 2.45) is 0 Å². The summed E-state index contributed by atoms with van der Waals surface area (Å²) < 4.78 is 10.6. The third-order valence-corrected chi connectivity index (χ3v) is 4.07. The number of carbonyl (C=O) groups excluding carboxylic acids is 1. The molecule has 0 spiro atoms. The SMILES string of the molecule is CN(Cc1ccc(N2CCOCC2)cc1)C(=O)NCc1ccco1. The average Bonchev–Trinajstić information content (AvgIpc) is 3.14. The number of urea groups is 1. The first kappa shape index (κ1) is 16.4. The molecule has 0 radical (unpaired) electrons. The van der Waals surface area contributed by atoms with Crippen molar-refractivity contribution in [2.75, 3.05) is 38.3 Å². The predicted molar refractivity (Wildman–Crippen MR) is 91.9 cm³/mol. The van der Waals surface area contributed by atoms with E-state index in [-0.39, 0.29) is 6.03 Å². The summed E-state index contributed by atoms with van der Waals surface area (Å²) in [4.78, 5) is 16.1. The van der Waals surface area contributed by atoms with Crippen molar-refractivity contribution in [3.05, 3.63) is 54.0 Å². The Balaban J connectivity index is 1.50. The van der Waals surface area contributed by atoms with Crippen molar-refractivity contribution in [3.8, 4) is 0 Å². The summed E-state index contributed by atoms with van der Waals surface area (Å²) in [6.07, 6.45) is 1.60. The smallest absolute Gasteiger partial charge is 0.317 e. The predicted octanol–water partition coefficient (Wildman–Crippen LogP) is 2.46. The van der Waals surface area contributed by atoms with Gasteiger partial charge >= 0.3 is 6.03 Å². The lowest BCUT2D eigenvalue weighted by atomic mass is 10.2. The molecule has 2 aromatic rings. The molecule has 1 fully saturated rings. The highest BCUT2D eigenvalue weighted by Crippen LogP contribution is 2.17. The minimum atomic E-state index is -0.122. The van der Waals surface area contributed by atoms with Gasteiger partial charge in [-0.1, -0.05) is 12.1 Å². The molecule has 6 heteroatoms. The Morgan fingerprint density at radius 3 is 2.62 bits per heavy atom. The van der Waals surface area contributed by atoms with Crippen LogP contribution in [0.25, 0.3) is 0 Å². The first-order valence-corrected chi connectivity index (χ1v) is 8.15. The Morgan fingerprint density at radius 1 is 1.21 bits per heavy atom. The molecule has 0 unspecified atom stereocenters. The Bertz CT molecular complexity index is 634. The van der Waals surface area contributed by atoms with E-state index in [1.807, 2.05) is 6.07 Å². The van der Waals surface area contributed by atoms with E-state index in [4.69, 9.17) is 9.15 Å². The number of benzene rings is 1. The van der Waals surface area contributed by atoms with Gasteiger partial charge in [-0.3, -0.25) is 0 Å². The zero-order valence-electron chi connectivity index (χ0n) is 13.9. The highest BCUT2D eigenvalue weighted by atomic mass is 16.5. The van der Waals surface area contributed by atoms with Crippen LogP contribution in [-0.4, -0.2) is 44.3 Å². The standard InChI is InChI=1S/C18H23N3O3/c1-20(18(22)19-13-17-3-2-10-24-17)14-15-4-6-16(7-5-15)21-8-11-23-12-9-21/h2-7,10H,8-9,11-14H2,1H3,(H,19,22). The maximum atomic E-state index is 12.1. The van der Waals surface area contributed by atoms with Gasteiger partial charge in [0.05, 0.1) is 26.0 Å². The van der Waals surface area contributed by atoms with E-state index >= 15 is 0 Å². The minimum absolute atomic E-state index is 0.122. The fraction of sp³-hybridized carbons (Fsp3) is 0.389. The number of morpholine rings is 1. The van der Waals surface area contributed by atoms with Gasteiger partial charge in [0.15, 0.2) is 0 Å². The number of anilines is 1. The monoisotopic (exact) mass is 329 g/mol. The van der Waals surface area contributed by atoms with Crippen molar-refractivity contribution in [3.63, 3.8) is 0 Å². The average molecular weight is 329 g/mol. The van der Waals surface area contributed by atoms with Gasteiger partial charge in [0.2, 0.25) is 0 Å². The summed E-state index contributed by atoms with van der Waals surface area (Å²) in [6.45, 7) is 4.36. The normalized spacial score (nSPS) is 14.5. The molecule has 2 heterocycles. The lowest BCUT2D eigenvalue weighted by Crippen LogP contribution is -2.36. The molecule has 0 saturated carbocycles. The van der Waals surface area contributed by atoms with Crippen LogP contribution in [-0.2, 0) is 17.8 Å².